The van der Waals surface area contributed by atoms with Crippen LogP contribution in [0.1, 0.15) is 57.4 Å². The van der Waals surface area contributed by atoms with Crippen molar-refractivity contribution in [1.29, 1.82) is 0 Å². The number of dihydropyridines is 1. The molecule has 1 unspecified atom stereocenters. The minimum atomic E-state index is -0.871. The summed E-state index contributed by atoms with van der Waals surface area (Å²) >= 11 is 0. The topological polar surface area (TPSA) is 114 Å². The fourth-order valence-electron chi connectivity index (χ4n) is 7.02. The Morgan fingerprint density at radius 1 is 0.932 bits per heavy atom. The van der Waals surface area contributed by atoms with E-state index in [1.165, 1.54) is 31.4 Å². The highest BCUT2D eigenvalue weighted by molar-refractivity contribution is 5.99. The lowest BCUT2D eigenvalue weighted by atomic mass is 9.74. The molecular weight excluding hydrogens is 560 g/mol. The summed E-state index contributed by atoms with van der Waals surface area (Å²) in [5, 5.41) is 14.8. The van der Waals surface area contributed by atoms with Crippen molar-refractivity contribution in [2.24, 2.45) is 5.41 Å². The normalized spacial score (nSPS) is 20.6. The molecule has 0 spiro atoms. The molecule has 10 nitrogen and oxygen atoms in total. The van der Waals surface area contributed by atoms with Crippen molar-refractivity contribution in [3.63, 3.8) is 0 Å². The first-order valence-electron chi connectivity index (χ1n) is 15.4. The van der Waals surface area contributed by atoms with Gasteiger partial charge in [-0.15, -0.1) is 0 Å². The van der Waals surface area contributed by atoms with Gasteiger partial charge in [-0.05, 0) is 44.4 Å². The SMILES string of the molecule is COC(=O)C1=C(C)NC(C)=C(C(=O)OCC2(CN3CCN(c4ccccc4)CC3)CCCCC2)C1c1cccc([N+](=O)[O-])c1. The maximum Gasteiger partial charge on any atom is 0.336 e. The smallest absolute Gasteiger partial charge is 0.336 e. The van der Waals surface area contributed by atoms with E-state index < -0.39 is 22.8 Å². The number of anilines is 1. The summed E-state index contributed by atoms with van der Waals surface area (Å²) in [5.41, 5.74) is 2.99. The lowest BCUT2D eigenvalue weighted by Crippen LogP contribution is -2.51. The van der Waals surface area contributed by atoms with Crippen LogP contribution in [-0.4, -0.2) is 68.2 Å². The minimum Gasteiger partial charge on any atom is -0.466 e. The fourth-order valence-corrected chi connectivity index (χ4v) is 7.02. The molecule has 2 aromatic carbocycles. The molecule has 1 N–H and O–H groups in total. The number of carbonyl (C=O) groups excluding carboxylic acids is 2. The molecule has 3 aliphatic rings. The Bertz CT molecular complexity index is 1440. The Balaban J connectivity index is 1.35. The van der Waals surface area contributed by atoms with Gasteiger partial charge >= 0.3 is 11.9 Å². The van der Waals surface area contributed by atoms with Crippen LogP contribution < -0.4 is 10.2 Å². The molecule has 2 heterocycles. The summed E-state index contributed by atoms with van der Waals surface area (Å²) in [6.45, 7) is 8.42. The molecule has 2 aliphatic heterocycles. The van der Waals surface area contributed by atoms with Crippen LogP contribution in [0.2, 0.25) is 0 Å². The number of piperazine rings is 1. The number of nitro benzene ring substituents is 1. The summed E-state index contributed by atoms with van der Waals surface area (Å²) in [4.78, 5) is 43.0. The molecule has 2 fully saturated rings. The average Bonchev–Trinajstić information content (AvgIpc) is 3.04. The van der Waals surface area contributed by atoms with E-state index in [0.717, 1.165) is 58.4 Å². The summed E-state index contributed by atoms with van der Waals surface area (Å²) in [6, 6.07) is 16.5. The molecule has 0 bridgehead atoms. The molecule has 2 aromatic rings. The minimum absolute atomic E-state index is 0.123. The number of hydrogen-bond donors (Lipinski definition) is 1. The van der Waals surface area contributed by atoms with Crippen molar-refractivity contribution in [3.8, 4) is 0 Å². The zero-order chi connectivity index (χ0) is 31.3. The molecule has 0 aromatic heterocycles. The van der Waals surface area contributed by atoms with Gasteiger partial charge in [0.1, 0.15) is 0 Å². The molecule has 1 saturated carbocycles. The number of carbonyl (C=O) groups is 2. The standard InChI is InChI=1S/C34H42N4O6/c1-24-29(32(39)43-3)31(26-11-10-14-28(21-26)38(41)42)30(25(2)35-24)33(40)44-23-34(15-8-5-9-16-34)22-36-17-19-37(20-18-36)27-12-6-4-7-13-27/h4,6-7,10-14,21,31,35H,5,8-9,15-20,22-23H2,1-3H3. The Morgan fingerprint density at radius 2 is 1.59 bits per heavy atom. The van der Waals surface area contributed by atoms with E-state index in [1.807, 2.05) is 6.07 Å². The quantitative estimate of drug-likeness (QED) is 0.231. The number of nitrogens with one attached hydrogen (secondary N) is 1. The Hall–Kier alpha value is -4.18. The van der Waals surface area contributed by atoms with Crippen molar-refractivity contribution in [2.75, 3.05) is 51.3 Å². The van der Waals surface area contributed by atoms with Gasteiger partial charge in [0.15, 0.2) is 0 Å². The highest BCUT2D eigenvalue weighted by Crippen LogP contribution is 2.42. The van der Waals surface area contributed by atoms with E-state index in [2.05, 4.69) is 39.4 Å². The lowest BCUT2D eigenvalue weighted by Gasteiger charge is -2.44. The monoisotopic (exact) mass is 602 g/mol. The Labute approximate surface area is 258 Å². The molecule has 1 saturated heterocycles. The van der Waals surface area contributed by atoms with Crippen LogP contribution in [0.25, 0.3) is 0 Å². The molecule has 234 valence electrons. The first-order valence-corrected chi connectivity index (χ1v) is 15.4. The average molecular weight is 603 g/mol. The van der Waals surface area contributed by atoms with Gasteiger partial charge in [0.05, 0.1) is 35.7 Å². The number of nitro groups is 1. The number of non-ortho nitro benzene ring substituents is 1. The molecule has 0 amide bonds. The van der Waals surface area contributed by atoms with Gasteiger partial charge in [-0.3, -0.25) is 15.0 Å². The summed E-state index contributed by atoms with van der Waals surface area (Å²) in [6.07, 6.45) is 5.32. The van der Waals surface area contributed by atoms with Crippen molar-refractivity contribution >= 4 is 23.3 Å². The number of methoxy groups -OCH3 is 1. The van der Waals surface area contributed by atoms with E-state index in [-0.39, 0.29) is 28.9 Å². The number of ether oxygens (including phenoxy) is 2. The second-order valence-corrected chi connectivity index (χ2v) is 12.2. The number of nitrogens with zero attached hydrogens (tertiary/aromatic N) is 3. The Morgan fingerprint density at radius 3 is 2.23 bits per heavy atom. The number of para-hydroxylation sites is 1. The number of benzene rings is 2. The van der Waals surface area contributed by atoms with E-state index in [1.54, 1.807) is 26.0 Å². The van der Waals surface area contributed by atoms with Crippen molar-refractivity contribution in [2.45, 2.75) is 51.9 Å². The van der Waals surface area contributed by atoms with Gasteiger partial charge in [0.25, 0.3) is 5.69 Å². The van der Waals surface area contributed by atoms with E-state index in [4.69, 9.17) is 9.47 Å². The first-order chi connectivity index (χ1) is 21.2. The van der Waals surface area contributed by atoms with Crippen LogP contribution in [0.4, 0.5) is 11.4 Å². The van der Waals surface area contributed by atoms with Gasteiger partial charge in [0.2, 0.25) is 0 Å². The maximum absolute atomic E-state index is 14.0. The molecular formula is C34H42N4O6. The fraction of sp³-hybridized carbons (Fsp3) is 0.471. The highest BCUT2D eigenvalue weighted by Gasteiger charge is 2.41. The zero-order valence-electron chi connectivity index (χ0n) is 25.8. The van der Waals surface area contributed by atoms with Gasteiger partial charge < -0.3 is 19.7 Å². The number of allylic oxidation sites excluding steroid dienone is 2. The van der Waals surface area contributed by atoms with E-state index in [9.17, 15) is 19.7 Å². The van der Waals surface area contributed by atoms with Crippen LogP contribution in [0, 0.1) is 15.5 Å². The van der Waals surface area contributed by atoms with Crippen molar-refractivity contribution in [1.82, 2.24) is 10.2 Å². The second kappa shape index (κ2) is 13.6. The maximum atomic E-state index is 14.0. The number of esters is 2. The van der Waals surface area contributed by atoms with Crippen LogP contribution in [0.15, 0.2) is 77.1 Å². The molecule has 1 aliphatic carbocycles. The lowest BCUT2D eigenvalue weighted by molar-refractivity contribution is -0.384. The predicted octanol–water partition coefficient (Wildman–Crippen LogP) is 5.32. The number of rotatable bonds is 9. The van der Waals surface area contributed by atoms with Crippen LogP contribution in [0.5, 0.6) is 0 Å². The van der Waals surface area contributed by atoms with Gasteiger partial charge in [-0.25, -0.2) is 9.59 Å². The molecule has 0 radical (unpaired) electrons. The van der Waals surface area contributed by atoms with E-state index >= 15 is 0 Å². The number of hydrogen-bond acceptors (Lipinski definition) is 9. The molecule has 10 heteroatoms. The third kappa shape index (κ3) is 6.80. The molecule has 44 heavy (non-hydrogen) atoms. The van der Waals surface area contributed by atoms with Crippen LogP contribution in [0.3, 0.4) is 0 Å². The first kappa shape index (κ1) is 31.3. The van der Waals surface area contributed by atoms with Crippen molar-refractivity contribution in [3.05, 3.63) is 92.8 Å². The summed E-state index contributed by atoms with van der Waals surface area (Å²) < 4.78 is 11.3. The van der Waals surface area contributed by atoms with E-state index in [0.29, 0.717) is 17.0 Å². The molecule has 5 rings (SSSR count). The largest absolute Gasteiger partial charge is 0.466 e. The van der Waals surface area contributed by atoms with Gasteiger partial charge in [-0.1, -0.05) is 49.6 Å². The van der Waals surface area contributed by atoms with Crippen LogP contribution >= 0.6 is 0 Å². The van der Waals surface area contributed by atoms with Crippen LogP contribution in [-0.2, 0) is 19.1 Å². The zero-order valence-corrected chi connectivity index (χ0v) is 25.8. The second-order valence-electron chi connectivity index (χ2n) is 12.2. The highest BCUT2D eigenvalue weighted by atomic mass is 16.6. The summed E-state index contributed by atoms with van der Waals surface area (Å²) in [5.74, 6) is -2.01. The Kier molecular flexibility index (Phi) is 9.68. The van der Waals surface area contributed by atoms with Gasteiger partial charge in [-0.2, -0.15) is 0 Å². The molecule has 1 atom stereocenters. The van der Waals surface area contributed by atoms with Crippen molar-refractivity contribution < 1.29 is 24.0 Å². The third-order valence-electron chi connectivity index (χ3n) is 9.28. The predicted molar refractivity (Wildman–Crippen MR) is 168 cm³/mol. The third-order valence-corrected chi connectivity index (χ3v) is 9.28. The van der Waals surface area contributed by atoms with Gasteiger partial charge in [0, 0.05) is 67.4 Å². The summed E-state index contributed by atoms with van der Waals surface area (Å²) in [7, 11) is 1.28.